The van der Waals surface area contributed by atoms with E-state index >= 15 is 0 Å². The van der Waals surface area contributed by atoms with Gasteiger partial charge in [0, 0.05) is 11.6 Å². The molecule has 0 radical (unpaired) electrons. The summed E-state index contributed by atoms with van der Waals surface area (Å²) in [4.78, 5) is 4.28. The lowest BCUT2D eigenvalue weighted by molar-refractivity contribution is -0.143. The average Bonchev–Trinajstić information content (AvgIpc) is 2.92. The zero-order chi connectivity index (χ0) is 19.3. The molecule has 0 saturated carbocycles. The van der Waals surface area contributed by atoms with E-state index in [1.54, 1.807) is 42.7 Å². The maximum atomic E-state index is 13.1. The van der Waals surface area contributed by atoms with Crippen molar-refractivity contribution in [2.75, 3.05) is 0 Å². The molecule has 0 N–H and O–H groups in total. The van der Waals surface area contributed by atoms with Gasteiger partial charge in [-0.2, -0.15) is 26.3 Å². The summed E-state index contributed by atoms with van der Waals surface area (Å²) in [6.07, 6.45) is -9.80. The average molecular weight is 372 g/mol. The van der Waals surface area contributed by atoms with Crippen molar-refractivity contribution >= 4 is 11.0 Å². The number of rotatable bonds is 2. The van der Waals surface area contributed by atoms with Gasteiger partial charge >= 0.3 is 12.4 Å². The molecule has 0 saturated heterocycles. The van der Waals surface area contributed by atoms with Crippen molar-refractivity contribution < 1.29 is 26.3 Å². The Labute approximate surface area is 145 Å². The highest BCUT2D eigenvalue weighted by molar-refractivity contribution is 5.81. The molecule has 1 heterocycles. The van der Waals surface area contributed by atoms with Gasteiger partial charge in [-0.05, 0) is 44.2 Å². The van der Waals surface area contributed by atoms with Crippen LogP contribution in [0.15, 0.2) is 42.5 Å². The van der Waals surface area contributed by atoms with Crippen LogP contribution in [0.2, 0.25) is 0 Å². The van der Waals surface area contributed by atoms with E-state index in [1.165, 1.54) is 0 Å². The van der Waals surface area contributed by atoms with Crippen LogP contribution in [0, 0.1) is 0 Å². The first-order valence-corrected chi connectivity index (χ1v) is 7.75. The van der Waals surface area contributed by atoms with E-state index in [4.69, 9.17) is 0 Å². The quantitative estimate of drug-likeness (QED) is 0.481. The van der Waals surface area contributed by atoms with Gasteiger partial charge in [-0.1, -0.05) is 12.1 Å². The first-order chi connectivity index (χ1) is 12.0. The van der Waals surface area contributed by atoms with Gasteiger partial charge in [0.05, 0.1) is 22.2 Å². The SMILES string of the molecule is CC(C)n1c(-c2cc(C(F)(F)F)cc(C(F)(F)F)c2)nc2ccccc21. The van der Waals surface area contributed by atoms with Gasteiger partial charge in [0.15, 0.2) is 0 Å². The highest BCUT2D eigenvalue weighted by atomic mass is 19.4. The van der Waals surface area contributed by atoms with E-state index in [2.05, 4.69) is 4.98 Å². The minimum atomic E-state index is -4.90. The predicted molar refractivity (Wildman–Crippen MR) is 85.6 cm³/mol. The molecular formula is C18H14F6N2. The van der Waals surface area contributed by atoms with Crippen LogP contribution in [0.4, 0.5) is 26.3 Å². The fourth-order valence-electron chi connectivity index (χ4n) is 2.85. The molecule has 26 heavy (non-hydrogen) atoms. The molecule has 0 spiro atoms. The molecule has 0 unspecified atom stereocenters. The Morgan fingerprint density at radius 2 is 1.38 bits per heavy atom. The van der Waals surface area contributed by atoms with E-state index in [1.807, 2.05) is 0 Å². The molecule has 0 fully saturated rings. The number of para-hydroxylation sites is 2. The fourth-order valence-corrected chi connectivity index (χ4v) is 2.85. The Kier molecular flexibility index (Phi) is 4.24. The van der Waals surface area contributed by atoms with Crippen LogP contribution in [-0.2, 0) is 12.4 Å². The highest BCUT2D eigenvalue weighted by Crippen LogP contribution is 2.39. The Morgan fingerprint density at radius 1 is 0.846 bits per heavy atom. The lowest BCUT2D eigenvalue weighted by Crippen LogP contribution is -2.12. The normalized spacial score (nSPS) is 13.0. The third kappa shape index (κ3) is 3.27. The van der Waals surface area contributed by atoms with Crippen molar-refractivity contribution in [2.24, 2.45) is 0 Å². The van der Waals surface area contributed by atoms with Crippen molar-refractivity contribution in [3.05, 3.63) is 53.6 Å². The zero-order valence-corrected chi connectivity index (χ0v) is 13.8. The van der Waals surface area contributed by atoms with Crippen molar-refractivity contribution in [1.82, 2.24) is 9.55 Å². The summed E-state index contributed by atoms with van der Waals surface area (Å²) >= 11 is 0. The molecule has 3 aromatic rings. The van der Waals surface area contributed by atoms with Crippen molar-refractivity contribution in [1.29, 1.82) is 0 Å². The van der Waals surface area contributed by atoms with Crippen molar-refractivity contribution in [3.8, 4) is 11.4 Å². The number of imidazole rings is 1. The van der Waals surface area contributed by atoms with Gasteiger partial charge < -0.3 is 4.57 Å². The fraction of sp³-hybridized carbons (Fsp3) is 0.278. The summed E-state index contributed by atoms with van der Waals surface area (Å²) in [5.41, 5.74) is -1.79. The molecule has 0 aliphatic heterocycles. The monoisotopic (exact) mass is 372 g/mol. The second-order valence-electron chi connectivity index (χ2n) is 6.18. The largest absolute Gasteiger partial charge is 0.416 e. The minimum Gasteiger partial charge on any atom is -0.321 e. The summed E-state index contributed by atoms with van der Waals surface area (Å²) in [6, 6.07) is 8.15. The summed E-state index contributed by atoms with van der Waals surface area (Å²) in [5.74, 6) is 0.0674. The second-order valence-corrected chi connectivity index (χ2v) is 6.18. The summed E-state index contributed by atoms with van der Waals surface area (Å²) in [6.45, 7) is 3.58. The molecule has 2 aromatic carbocycles. The number of aromatic nitrogens is 2. The molecule has 0 aliphatic rings. The van der Waals surface area contributed by atoms with E-state index in [0.717, 1.165) is 0 Å². The van der Waals surface area contributed by atoms with Gasteiger partial charge in [0.1, 0.15) is 5.82 Å². The lowest BCUT2D eigenvalue weighted by atomic mass is 10.0. The first-order valence-electron chi connectivity index (χ1n) is 7.75. The van der Waals surface area contributed by atoms with Crippen LogP contribution in [-0.4, -0.2) is 9.55 Å². The summed E-state index contributed by atoms with van der Waals surface area (Å²) in [7, 11) is 0. The predicted octanol–water partition coefficient (Wildman–Crippen LogP) is 6.32. The van der Waals surface area contributed by atoms with Crippen LogP contribution >= 0.6 is 0 Å². The highest BCUT2D eigenvalue weighted by Gasteiger charge is 2.37. The summed E-state index contributed by atoms with van der Waals surface area (Å²) in [5, 5.41) is 0. The zero-order valence-electron chi connectivity index (χ0n) is 13.8. The van der Waals surface area contributed by atoms with E-state index in [-0.39, 0.29) is 23.5 Å². The van der Waals surface area contributed by atoms with Gasteiger partial charge in [-0.25, -0.2) is 4.98 Å². The van der Waals surface area contributed by atoms with Crippen LogP contribution in [0.25, 0.3) is 22.4 Å². The van der Waals surface area contributed by atoms with E-state index < -0.39 is 23.5 Å². The molecule has 0 atom stereocenters. The smallest absolute Gasteiger partial charge is 0.321 e. The van der Waals surface area contributed by atoms with E-state index in [9.17, 15) is 26.3 Å². The number of fused-ring (bicyclic) bond motifs is 1. The number of nitrogens with zero attached hydrogens (tertiary/aromatic N) is 2. The maximum absolute atomic E-state index is 13.1. The number of hydrogen-bond donors (Lipinski definition) is 0. The number of benzene rings is 2. The molecule has 8 heteroatoms. The van der Waals surface area contributed by atoms with Gasteiger partial charge in [-0.3, -0.25) is 0 Å². The van der Waals surface area contributed by atoms with Crippen LogP contribution in [0.3, 0.4) is 0 Å². The Bertz CT molecular complexity index is 918. The Morgan fingerprint density at radius 3 is 1.88 bits per heavy atom. The van der Waals surface area contributed by atoms with Gasteiger partial charge in [0.25, 0.3) is 0 Å². The van der Waals surface area contributed by atoms with Gasteiger partial charge in [0.2, 0.25) is 0 Å². The number of halogens is 6. The van der Waals surface area contributed by atoms with Crippen molar-refractivity contribution in [2.45, 2.75) is 32.2 Å². The minimum absolute atomic E-state index is 0.0674. The molecule has 3 rings (SSSR count). The van der Waals surface area contributed by atoms with Crippen molar-refractivity contribution in [3.63, 3.8) is 0 Å². The number of hydrogen-bond acceptors (Lipinski definition) is 1. The summed E-state index contributed by atoms with van der Waals surface area (Å²) < 4.78 is 80.4. The first kappa shape index (κ1) is 18.3. The van der Waals surface area contributed by atoms with Crippen LogP contribution in [0.1, 0.15) is 31.0 Å². The molecule has 0 amide bonds. The van der Waals surface area contributed by atoms with Crippen LogP contribution < -0.4 is 0 Å². The van der Waals surface area contributed by atoms with Gasteiger partial charge in [-0.15, -0.1) is 0 Å². The third-order valence-electron chi connectivity index (χ3n) is 3.96. The number of alkyl halides is 6. The second kappa shape index (κ2) is 6.03. The topological polar surface area (TPSA) is 17.8 Å². The molecule has 0 bridgehead atoms. The molecule has 0 aliphatic carbocycles. The Balaban J connectivity index is 2.33. The molecule has 138 valence electrons. The molecular weight excluding hydrogens is 358 g/mol. The lowest BCUT2D eigenvalue weighted by Gasteiger charge is -2.17. The third-order valence-corrected chi connectivity index (χ3v) is 3.96. The van der Waals surface area contributed by atoms with Crippen LogP contribution in [0.5, 0.6) is 0 Å². The maximum Gasteiger partial charge on any atom is 0.416 e. The molecule has 2 nitrogen and oxygen atoms in total. The molecule has 1 aromatic heterocycles. The Hall–Kier alpha value is -2.51. The van der Waals surface area contributed by atoms with E-state index in [0.29, 0.717) is 23.2 Å². The standard InChI is InChI=1S/C18H14F6N2/c1-10(2)26-15-6-4-3-5-14(15)25-16(26)11-7-12(17(19,20)21)9-13(8-11)18(22,23)24/h3-10H,1-2H3.